The molecule has 0 aliphatic rings. The van der Waals surface area contributed by atoms with E-state index in [0.717, 1.165) is 10.2 Å². The number of anilines is 1. The second kappa shape index (κ2) is 8.49. The Balaban J connectivity index is 1.59. The molecule has 2 heterocycles. The number of halogens is 1. The smallest absolute Gasteiger partial charge is 0.293 e. The van der Waals surface area contributed by atoms with Gasteiger partial charge in [-0.3, -0.25) is 9.59 Å². The Kier molecular flexibility index (Phi) is 5.59. The summed E-state index contributed by atoms with van der Waals surface area (Å²) in [4.78, 5) is 25.4. The molecule has 0 bridgehead atoms. The highest BCUT2D eigenvalue weighted by Gasteiger charge is 2.14. The Bertz CT molecular complexity index is 1310. The van der Waals surface area contributed by atoms with Gasteiger partial charge < -0.3 is 14.8 Å². The largest absolute Gasteiger partial charge is 0.497 e. The Hall–Kier alpha value is -3.85. The first-order valence-electron chi connectivity index (χ1n) is 9.22. The molecule has 0 spiro atoms. The van der Waals surface area contributed by atoms with Crippen molar-refractivity contribution in [1.29, 1.82) is 0 Å². The first kappa shape index (κ1) is 20.4. The number of hydrogen-bond donors (Lipinski definition) is 1. The second-order valence-electron chi connectivity index (χ2n) is 6.57. The van der Waals surface area contributed by atoms with Gasteiger partial charge in [-0.1, -0.05) is 23.7 Å². The van der Waals surface area contributed by atoms with E-state index in [0.29, 0.717) is 33.4 Å². The van der Waals surface area contributed by atoms with Crippen LogP contribution in [-0.4, -0.2) is 39.5 Å². The van der Waals surface area contributed by atoms with Gasteiger partial charge in [0.05, 0.1) is 25.6 Å². The topological polar surface area (TPSA) is 99.8 Å². The van der Waals surface area contributed by atoms with Gasteiger partial charge in [0.15, 0.2) is 0 Å². The number of hydrogen-bond acceptors (Lipinski definition) is 6. The summed E-state index contributed by atoms with van der Waals surface area (Å²) >= 11 is 5.92. The van der Waals surface area contributed by atoms with Crippen LogP contribution in [0.1, 0.15) is 0 Å². The molecule has 158 valence electrons. The van der Waals surface area contributed by atoms with Gasteiger partial charge in [-0.15, -0.1) is 0 Å². The van der Waals surface area contributed by atoms with Gasteiger partial charge >= 0.3 is 0 Å². The summed E-state index contributed by atoms with van der Waals surface area (Å²) in [6, 6.07) is 13.8. The Morgan fingerprint density at radius 2 is 1.87 bits per heavy atom. The van der Waals surface area contributed by atoms with Crippen molar-refractivity contribution in [1.82, 2.24) is 19.4 Å². The molecule has 0 radical (unpaired) electrons. The number of ether oxygens (including phenoxy) is 2. The van der Waals surface area contributed by atoms with Gasteiger partial charge in [-0.05, 0) is 30.3 Å². The highest BCUT2D eigenvalue weighted by Crippen LogP contribution is 2.28. The zero-order chi connectivity index (χ0) is 22.0. The molecule has 10 heteroatoms. The molecule has 4 rings (SSSR count). The number of aromatic nitrogens is 4. The average Bonchev–Trinajstić information content (AvgIpc) is 3.21. The van der Waals surface area contributed by atoms with Gasteiger partial charge in [0.2, 0.25) is 5.91 Å². The highest BCUT2D eigenvalue weighted by atomic mass is 35.5. The minimum Gasteiger partial charge on any atom is -0.497 e. The van der Waals surface area contributed by atoms with Crippen LogP contribution in [0.25, 0.3) is 16.8 Å². The third kappa shape index (κ3) is 4.22. The van der Waals surface area contributed by atoms with Gasteiger partial charge in [-0.25, -0.2) is 9.20 Å². The lowest BCUT2D eigenvalue weighted by molar-refractivity contribution is -0.117. The lowest BCUT2D eigenvalue weighted by Gasteiger charge is -2.12. The molecule has 9 nitrogen and oxygen atoms in total. The minimum atomic E-state index is -0.442. The number of nitrogens with one attached hydrogen (secondary N) is 1. The predicted octanol–water partition coefficient (Wildman–Crippen LogP) is 2.87. The molecule has 0 saturated heterocycles. The van der Waals surface area contributed by atoms with E-state index in [-0.39, 0.29) is 6.54 Å². The molecular weight excluding hydrogens is 422 g/mol. The fourth-order valence-corrected chi connectivity index (χ4v) is 3.18. The molecule has 0 aliphatic heterocycles. The van der Waals surface area contributed by atoms with E-state index in [9.17, 15) is 9.59 Å². The van der Waals surface area contributed by atoms with Crippen LogP contribution in [0.2, 0.25) is 5.02 Å². The number of amides is 1. The SMILES string of the molecule is COc1ccc(OC)c(NC(=O)Cn2ncn3nc(-c4ccc(Cl)cc4)cc3c2=O)c1. The van der Waals surface area contributed by atoms with Crippen LogP contribution in [0.4, 0.5) is 5.69 Å². The van der Waals surface area contributed by atoms with E-state index >= 15 is 0 Å². The summed E-state index contributed by atoms with van der Waals surface area (Å²) in [6.07, 6.45) is 1.38. The van der Waals surface area contributed by atoms with Gasteiger partial charge in [0.1, 0.15) is 29.9 Å². The van der Waals surface area contributed by atoms with Crippen molar-refractivity contribution < 1.29 is 14.3 Å². The van der Waals surface area contributed by atoms with Crippen LogP contribution in [0, 0.1) is 0 Å². The molecule has 0 unspecified atom stereocenters. The Morgan fingerprint density at radius 1 is 1.10 bits per heavy atom. The van der Waals surface area contributed by atoms with Gasteiger partial charge in [-0.2, -0.15) is 10.2 Å². The standard InChI is InChI=1S/C21H18ClN5O4/c1-30-15-7-8-19(31-2)17(9-15)24-20(28)11-26-21(29)18-10-16(25-27(18)12-23-26)13-3-5-14(22)6-4-13/h3-10,12H,11H2,1-2H3,(H,24,28). The first-order valence-corrected chi connectivity index (χ1v) is 9.59. The van der Waals surface area contributed by atoms with Crippen LogP contribution in [0.3, 0.4) is 0 Å². The average molecular weight is 440 g/mol. The maximum atomic E-state index is 12.8. The maximum absolute atomic E-state index is 12.8. The predicted molar refractivity (Wildman–Crippen MR) is 116 cm³/mol. The lowest BCUT2D eigenvalue weighted by Crippen LogP contribution is -2.30. The van der Waals surface area contributed by atoms with Crippen molar-refractivity contribution >= 4 is 28.7 Å². The molecule has 0 atom stereocenters. The van der Waals surface area contributed by atoms with E-state index in [1.807, 2.05) is 12.1 Å². The molecule has 31 heavy (non-hydrogen) atoms. The molecule has 4 aromatic rings. The number of nitrogens with zero attached hydrogens (tertiary/aromatic N) is 4. The highest BCUT2D eigenvalue weighted by molar-refractivity contribution is 6.30. The lowest BCUT2D eigenvalue weighted by atomic mass is 10.1. The van der Waals surface area contributed by atoms with E-state index in [4.69, 9.17) is 21.1 Å². The van der Waals surface area contributed by atoms with E-state index < -0.39 is 11.5 Å². The number of methoxy groups -OCH3 is 2. The van der Waals surface area contributed by atoms with E-state index in [2.05, 4.69) is 15.5 Å². The normalized spacial score (nSPS) is 10.8. The molecule has 0 aliphatic carbocycles. The number of rotatable bonds is 6. The Morgan fingerprint density at radius 3 is 2.58 bits per heavy atom. The molecule has 1 N–H and O–H groups in total. The first-order chi connectivity index (χ1) is 15.0. The third-order valence-electron chi connectivity index (χ3n) is 4.60. The van der Waals surface area contributed by atoms with Crippen LogP contribution >= 0.6 is 11.6 Å². The monoisotopic (exact) mass is 439 g/mol. The maximum Gasteiger partial charge on any atom is 0.293 e. The van der Waals surface area contributed by atoms with Gasteiger partial charge in [0.25, 0.3) is 5.56 Å². The second-order valence-corrected chi connectivity index (χ2v) is 7.01. The summed E-state index contributed by atoms with van der Waals surface area (Å²) in [6.45, 7) is -0.281. The fourth-order valence-electron chi connectivity index (χ4n) is 3.05. The van der Waals surface area contributed by atoms with Crippen LogP contribution < -0.4 is 20.3 Å². The molecular formula is C21H18ClN5O4. The van der Waals surface area contributed by atoms with E-state index in [1.165, 1.54) is 25.1 Å². The summed E-state index contributed by atoms with van der Waals surface area (Å²) in [5.41, 5.74) is 1.69. The summed E-state index contributed by atoms with van der Waals surface area (Å²) < 4.78 is 12.9. The zero-order valence-electron chi connectivity index (χ0n) is 16.7. The minimum absolute atomic E-state index is 0.281. The van der Waals surface area contributed by atoms with Gasteiger partial charge in [0, 0.05) is 16.7 Å². The van der Waals surface area contributed by atoms with Crippen molar-refractivity contribution in [2.75, 3.05) is 19.5 Å². The quantitative estimate of drug-likeness (QED) is 0.496. The Labute approximate surface area is 181 Å². The number of carbonyl (C=O) groups excluding carboxylic acids is 1. The third-order valence-corrected chi connectivity index (χ3v) is 4.86. The number of fused-ring (bicyclic) bond motifs is 1. The van der Waals surface area contributed by atoms with Crippen LogP contribution in [0.5, 0.6) is 11.5 Å². The van der Waals surface area contributed by atoms with Crippen molar-refractivity contribution in [2.45, 2.75) is 6.54 Å². The molecule has 2 aromatic carbocycles. The van der Waals surface area contributed by atoms with Crippen molar-refractivity contribution in [3.05, 3.63) is 70.2 Å². The molecule has 1 amide bonds. The van der Waals surface area contributed by atoms with Crippen LogP contribution in [-0.2, 0) is 11.3 Å². The van der Waals surface area contributed by atoms with Crippen molar-refractivity contribution in [2.24, 2.45) is 0 Å². The summed E-state index contributed by atoms with van der Waals surface area (Å²) in [5, 5.41) is 11.7. The fraction of sp³-hybridized carbons (Fsp3) is 0.143. The summed E-state index contributed by atoms with van der Waals surface area (Å²) in [5.74, 6) is 0.582. The van der Waals surface area contributed by atoms with Crippen molar-refractivity contribution in [3.63, 3.8) is 0 Å². The molecule has 0 fully saturated rings. The zero-order valence-corrected chi connectivity index (χ0v) is 17.5. The van der Waals surface area contributed by atoms with E-state index in [1.54, 1.807) is 36.4 Å². The van der Waals surface area contributed by atoms with Crippen molar-refractivity contribution in [3.8, 4) is 22.8 Å². The number of benzene rings is 2. The summed E-state index contributed by atoms with van der Waals surface area (Å²) in [7, 11) is 3.02. The number of carbonyl (C=O) groups is 1. The molecule has 0 saturated carbocycles. The molecule has 2 aromatic heterocycles. The van der Waals surface area contributed by atoms with Crippen LogP contribution in [0.15, 0.2) is 59.7 Å².